The van der Waals surface area contributed by atoms with Crippen LogP contribution in [0.15, 0.2) is 53.4 Å². The van der Waals surface area contributed by atoms with Crippen molar-refractivity contribution in [2.75, 3.05) is 60.7 Å². The van der Waals surface area contributed by atoms with Crippen molar-refractivity contribution in [1.29, 1.82) is 0 Å². The SMILES string of the molecule is COC(=O)C(C1CCN(C(=O)N2CCOCC2)CC1)N(C)S(=O)(=O)c1ccc(-c2ccc(OC)cc2)cc1. The van der Waals surface area contributed by atoms with Gasteiger partial charge in [0, 0.05) is 33.2 Å². The van der Waals surface area contributed by atoms with Crippen LogP contribution in [0.1, 0.15) is 12.8 Å². The zero-order valence-electron chi connectivity index (χ0n) is 22.0. The molecule has 2 aliphatic rings. The Labute approximate surface area is 224 Å². The fourth-order valence-electron chi connectivity index (χ4n) is 5.04. The van der Waals surface area contributed by atoms with Crippen LogP contribution in [-0.2, 0) is 24.3 Å². The van der Waals surface area contributed by atoms with E-state index >= 15 is 0 Å². The van der Waals surface area contributed by atoms with Crippen molar-refractivity contribution in [2.45, 2.75) is 23.8 Å². The number of methoxy groups -OCH3 is 2. The number of benzene rings is 2. The van der Waals surface area contributed by atoms with Gasteiger partial charge in [-0.1, -0.05) is 24.3 Å². The van der Waals surface area contributed by atoms with E-state index in [1.807, 2.05) is 24.3 Å². The minimum Gasteiger partial charge on any atom is -0.497 e. The Balaban J connectivity index is 1.47. The third kappa shape index (κ3) is 5.95. The lowest BCUT2D eigenvalue weighted by molar-refractivity contribution is -0.147. The van der Waals surface area contributed by atoms with Crippen molar-refractivity contribution in [3.05, 3.63) is 48.5 Å². The van der Waals surface area contributed by atoms with Crippen molar-refractivity contribution in [1.82, 2.24) is 14.1 Å². The van der Waals surface area contributed by atoms with Gasteiger partial charge in [0.25, 0.3) is 0 Å². The molecule has 2 heterocycles. The largest absolute Gasteiger partial charge is 0.497 e. The number of sulfonamides is 1. The van der Waals surface area contributed by atoms with Crippen LogP contribution in [0.25, 0.3) is 11.1 Å². The normalized spacial score (nSPS) is 17.8. The smallest absolute Gasteiger partial charge is 0.324 e. The summed E-state index contributed by atoms with van der Waals surface area (Å²) in [6.45, 7) is 3.05. The van der Waals surface area contributed by atoms with E-state index in [1.54, 1.807) is 41.2 Å². The van der Waals surface area contributed by atoms with Crippen molar-refractivity contribution in [2.24, 2.45) is 5.92 Å². The Morgan fingerprint density at radius 1 is 0.895 bits per heavy atom. The molecule has 1 unspecified atom stereocenters. The van der Waals surface area contributed by atoms with Crippen LogP contribution in [0.5, 0.6) is 5.75 Å². The van der Waals surface area contributed by atoms with Gasteiger partial charge in [0.15, 0.2) is 0 Å². The number of hydrogen-bond acceptors (Lipinski definition) is 7. The van der Waals surface area contributed by atoms with Crippen LogP contribution >= 0.6 is 0 Å². The number of esters is 1. The number of carbonyl (C=O) groups excluding carboxylic acids is 2. The molecule has 11 heteroatoms. The number of carbonyl (C=O) groups is 2. The third-order valence-corrected chi connectivity index (χ3v) is 9.18. The monoisotopic (exact) mass is 545 g/mol. The second kappa shape index (κ2) is 12.1. The number of rotatable bonds is 7. The van der Waals surface area contributed by atoms with Gasteiger partial charge in [-0.15, -0.1) is 0 Å². The number of hydrogen-bond donors (Lipinski definition) is 0. The van der Waals surface area contributed by atoms with E-state index < -0.39 is 22.0 Å². The van der Waals surface area contributed by atoms with E-state index in [-0.39, 0.29) is 16.8 Å². The second-order valence-electron chi connectivity index (χ2n) is 9.45. The first-order valence-electron chi connectivity index (χ1n) is 12.7. The van der Waals surface area contributed by atoms with E-state index in [0.29, 0.717) is 52.2 Å². The van der Waals surface area contributed by atoms with Crippen molar-refractivity contribution < 1.29 is 32.2 Å². The summed E-state index contributed by atoms with van der Waals surface area (Å²) in [6.07, 6.45) is 0.984. The minimum atomic E-state index is -3.99. The molecule has 206 valence electrons. The van der Waals surface area contributed by atoms with E-state index in [2.05, 4.69) is 0 Å². The Hall–Kier alpha value is -3.15. The molecule has 1 atom stereocenters. The van der Waals surface area contributed by atoms with Crippen LogP contribution < -0.4 is 4.74 Å². The molecule has 0 spiro atoms. The molecule has 2 fully saturated rings. The summed E-state index contributed by atoms with van der Waals surface area (Å²) in [5.74, 6) is -0.155. The van der Waals surface area contributed by atoms with Gasteiger partial charge in [-0.05, 0) is 54.2 Å². The van der Waals surface area contributed by atoms with Gasteiger partial charge in [-0.2, -0.15) is 4.31 Å². The number of likely N-dealkylation sites (tertiary alicyclic amines) is 1. The Morgan fingerprint density at radius 2 is 1.42 bits per heavy atom. The molecule has 0 aromatic heterocycles. The highest BCUT2D eigenvalue weighted by Crippen LogP contribution is 2.30. The summed E-state index contributed by atoms with van der Waals surface area (Å²) in [5.41, 5.74) is 1.78. The molecular weight excluding hydrogens is 510 g/mol. The maximum Gasteiger partial charge on any atom is 0.324 e. The van der Waals surface area contributed by atoms with Gasteiger partial charge in [-0.3, -0.25) is 4.79 Å². The molecular formula is C27H35N3O7S. The van der Waals surface area contributed by atoms with Gasteiger partial charge >= 0.3 is 12.0 Å². The number of piperidine rings is 1. The highest BCUT2D eigenvalue weighted by molar-refractivity contribution is 7.89. The number of morpholine rings is 1. The summed E-state index contributed by atoms with van der Waals surface area (Å²) < 4.78 is 43.8. The first-order chi connectivity index (χ1) is 18.3. The first kappa shape index (κ1) is 27.9. The predicted octanol–water partition coefficient (Wildman–Crippen LogP) is 2.69. The molecule has 38 heavy (non-hydrogen) atoms. The summed E-state index contributed by atoms with van der Waals surface area (Å²) in [7, 11) is 0.286. The van der Waals surface area contributed by atoms with Crippen molar-refractivity contribution in [3.63, 3.8) is 0 Å². The van der Waals surface area contributed by atoms with Crippen LogP contribution in [-0.4, -0.2) is 101 Å². The number of ether oxygens (including phenoxy) is 3. The highest BCUT2D eigenvalue weighted by atomic mass is 32.2. The van der Waals surface area contributed by atoms with Crippen LogP contribution in [0.4, 0.5) is 4.79 Å². The van der Waals surface area contributed by atoms with E-state index in [9.17, 15) is 18.0 Å². The lowest BCUT2D eigenvalue weighted by atomic mass is 9.89. The lowest BCUT2D eigenvalue weighted by Gasteiger charge is -2.40. The predicted molar refractivity (Wildman–Crippen MR) is 141 cm³/mol. The molecule has 2 saturated heterocycles. The van der Waals surface area contributed by atoms with Crippen LogP contribution in [0.2, 0.25) is 0 Å². The standard InChI is InChI=1S/C27H35N3O7S/c1-28(38(33,34)24-10-6-21(7-11-24)20-4-8-23(35-2)9-5-20)25(26(31)36-3)22-12-14-29(15-13-22)27(32)30-16-18-37-19-17-30/h4-11,22,25H,12-19H2,1-3H3. The first-order valence-corrected chi connectivity index (χ1v) is 14.1. The molecule has 2 aliphatic heterocycles. The number of likely N-dealkylation sites (N-methyl/N-ethyl adjacent to an activating group) is 1. The zero-order chi connectivity index (χ0) is 27.3. The maximum atomic E-state index is 13.6. The summed E-state index contributed by atoms with van der Waals surface area (Å²) in [4.78, 5) is 29.3. The van der Waals surface area contributed by atoms with E-state index in [4.69, 9.17) is 14.2 Å². The fraction of sp³-hybridized carbons (Fsp3) is 0.481. The number of nitrogens with zero attached hydrogens (tertiary/aromatic N) is 3. The lowest BCUT2D eigenvalue weighted by Crippen LogP contribution is -2.54. The molecule has 2 amide bonds. The topological polar surface area (TPSA) is 106 Å². The Kier molecular flexibility index (Phi) is 8.91. The van der Waals surface area contributed by atoms with Crippen molar-refractivity contribution in [3.8, 4) is 16.9 Å². The molecule has 0 saturated carbocycles. The average molecular weight is 546 g/mol. The number of amides is 2. The molecule has 2 aromatic rings. The van der Waals surface area contributed by atoms with Gasteiger partial charge < -0.3 is 24.0 Å². The molecule has 0 radical (unpaired) electrons. The van der Waals surface area contributed by atoms with E-state index in [1.165, 1.54) is 14.2 Å². The molecule has 0 aliphatic carbocycles. The van der Waals surface area contributed by atoms with E-state index in [0.717, 1.165) is 21.2 Å². The summed E-state index contributed by atoms with van der Waals surface area (Å²) >= 11 is 0. The molecule has 0 bridgehead atoms. The average Bonchev–Trinajstić information content (AvgIpc) is 2.97. The van der Waals surface area contributed by atoms with Gasteiger partial charge in [0.1, 0.15) is 11.8 Å². The Morgan fingerprint density at radius 3 is 1.95 bits per heavy atom. The second-order valence-corrected chi connectivity index (χ2v) is 11.4. The van der Waals surface area contributed by atoms with Gasteiger partial charge in [-0.25, -0.2) is 13.2 Å². The zero-order valence-corrected chi connectivity index (χ0v) is 22.9. The van der Waals surface area contributed by atoms with Crippen LogP contribution in [0, 0.1) is 5.92 Å². The van der Waals surface area contributed by atoms with Gasteiger partial charge in [0.2, 0.25) is 10.0 Å². The highest BCUT2D eigenvalue weighted by Gasteiger charge is 2.41. The quantitative estimate of drug-likeness (QED) is 0.493. The summed E-state index contributed by atoms with van der Waals surface area (Å²) in [5, 5.41) is 0. The molecule has 0 N–H and O–H groups in total. The molecule has 10 nitrogen and oxygen atoms in total. The molecule has 4 rings (SSSR count). The van der Waals surface area contributed by atoms with Gasteiger partial charge in [0.05, 0.1) is 32.3 Å². The summed E-state index contributed by atoms with van der Waals surface area (Å²) in [6, 6.07) is 13.0. The third-order valence-electron chi connectivity index (χ3n) is 7.33. The maximum absolute atomic E-state index is 13.6. The van der Waals surface area contributed by atoms with Crippen molar-refractivity contribution >= 4 is 22.0 Å². The Bertz CT molecular complexity index is 1200. The minimum absolute atomic E-state index is 0.0423. The molecule has 2 aromatic carbocycles. The fourth-order valence-corrected chi connectivity index (χ4v) is 6.41. The van der Waals surface area contributed by atoms with Crippen LogP contribution in [0.3, 0.4) is 0 Å². The number of urea groups is 1.